The number of rotatable bonds is 10. The summed E-state index contributed by atoms with van der Waals surface area (Å²) in [6, 6.07) is 6.09. The number of hydrogen-bond donors (Lipinski definition) is 2. The number of carbonyl (C=O) groups is 1. The van der Waals surface area contributed by atoms with E-state index in [2.05, 4.69) is 13.0 Å². The van der Waals surface area contributed by atoms with Crippen LogP contribution in [0.1, 0.15) is 63.0 Å². The molecule has 150 valence electrons. The van der Waals surface area contributed by atoms with E-state index in [9.17, 15) is 15.0 Å². The van der Waals surface area contributed by atoms with Crippen LogP contribution in [0.2, 0.25) is 0 Å². The van der Waals surface area contributed by atoms with Crippen LogP contribution in [0.5, 0.6) is 5.75 Å². The lowest BCUT2D eigenvalue weighted by molar-refractivity contribution is -0.109. The maximum absolute atomic E-state index is 10.7. The lowest BCUT2D eigenvalue weighted by Crippen LogP contribution is -2.28. The molecule has 1 aromatic carbocycles. The van der Waals surface area contributed by atoms with Crippen LogP contribution in [0.4, 0.5) is 0 Å². The van der Waals surface area contributed by atoms with Gasteiger partial charge in [-0.05, 0) is 73.5 Å². The number of carbonyl (C=O) groups excluding carboxylic acids is 1. The van der Waals surface area contributed by atoms with Crippen molar-refractivity contribution in [1.29, 1.82) is 0 Å². The fraction of sp³-hybridized carbons (Fsp3) is 0.696. The molecule has 0 radical (unpaired) electrons. The zero-order chi connectivity index (χ0) is 19.2. The Bertz CT molecular complexity index is 614. The van der Waals surface area contributed by atoms with Gasteiger partial charge in [0.25, 0.3) is 0 Å². The molecule has 0 aromatic heterocycles. The van der Waals surface area contributed by atoms with Crippen LogP contribution in [-0.2, 0) is 17.6 Å². The van der Waals surface area contributed by atoms with Gasteiger partial charge in [-0.25, -0.2) is 0 Å². The molecule has 2 N–H and O–H groups in total. The summed E-state index contributed by atoms with van der Waals surface area (Å²) >= 11 is 0. The molecule has 0 aliphatic heterocycles. The van der Waals surface area contributed by atoms with Gasteiger partial charge in [0.2, 0.25) is 0 Å². The Morgan fingerprint density at radius 1 is 1.26 bits per heavy atom. The van der Waals surface area contributed by atoms with E-state index in [1.807, 2.05) is 12.1 Å². The highest BCUT2D eigenvalue weighted by molar-refractivity contribution is 5.52. The summed E-state index contributed by atoms with van der Waals surface area (Å²) < 4.78 is 5.62. The summed E-state index contributed by atoms with van der Waals surface area (Å²) in [5.41, 5.74) is 2.51. The summed E-state index contributed by atoms with van der Waals surface area (Å²) in [6.45, 7) is 2.27. The van der Waals surface area contributed by atoms with Crippen molar-refractivity contribution in [3.05, 3.63) is 29.3 Å². The number of unbranched alkanes of at least 4 members (excludes halogenated alkanes) is 2. The van der Waals surface area contributed by atoms with Gasteiger partial charge >= 0.3 is 0 Å². The Morgan fingerprint density at radius 2 is 2.11 bits per heavy atom. The number of aliphatic hydroxyl groups excluding tert-OH is 2. The number of aldehydes is 1. The molecular formula is C23H34O4. The smallest absolute Gasteiger partial charge is 0.157 e. The SMILES string of the molecule is CCCCC[C@H](O)CC[C@H]1[C@H](O)CC2Cc3c(cccc3OCC=O)C[C@@H]21. The van der Waals surface area contributed by atoms with Gasteiger partial charge in [0.1, 0.15) is 12.4 Å². The van der Waals surface area contributed by atoms with Crippen molar-refractivity contribution in [2.24, 2.45) is 17.8 Å². The molecule has 4 nitrogen and oxygen atoms in total. The monoisotopic (exact) mass is 374 g/mol. The van der Waals surface area contributed by atoms with Crippen LogP contribution in [0.25, 0.3) is 0 Å². The lowest BCUT2D eigenvalue weighted by atomic mass is 9.73. The van der Waals surface area contributed by atoms with E-state index in [-0.39, 0.29) is 24.7 Å². The van der Waals surface area contributed by atoms with Crippen molar-refractivity contribution < 1.29 is 19.7 Å². The molecule has 1 unspecified atom stereocenters. The number of ether oxygens (including phenoxy) is 1. The van der Waals surface area contributed by atoms with Crippen molar-refractivity contribution in [3.8, 4) is 5.75 Å². The third kappa shape index (κ3) is 4.91. The first-order valence-corrected chi connectivity index (χ1v) is 10.7. The number of aliphatic hydroxyl groups is 2. The Kier molecular flexibility index (Phi) is 7.31. The standard InChI is InChI=1S/C23H34O4/c1-2-3-4-7-18(25)9-10-19-20-13-16-6-5-8-23(27-12-11-24)21(16)14-17(20)15-22(19)26/h5-6,8,11,17-20,22,25-26H,2-4,7,9-10,12-15H2,1H3/t17?,18-,19+,20-,22+/m0/s1. The predicted molar refractivity (Wildman–Crippen MR) is 106 cm³/mol. The van der Waals surface area contributed by atoms with Crippen LogP contribution < -0.4 is 4.74 Å². The van der Waals surface area contributed by atoms with E-state index in [0.717, 1.165) is 57.0 Å². The molecule has 2 aliphatic rings. The summed E-state index contributed by atoms with van der Waals surface area (Å²) in [5.74, 6) is 2.05. The first-order chi connectivity index (χ1) is 13.1. The van der Waals surface area contributed by atoms with Gasteiger partial charge in [0.15, 0.2) is 6.29 Å². The van der Waals surface area contributed by atoms with E-state index in [0.29, 0.717) is 11.8 Å². The third-order valence-electron chi connectivity index (χ3n) is 6.63. The number of hydrogen-bond acceptors (Lipinski definition) is 4. The highest BCUT2D eigenvalue weighted by Gasteiger charge is 2.44. The Balaban J connectivity index is 1.62. The maximum atomic E-state index is 10.7. The van der Waals surface area contributed by atoms with Crippen molar-refractivity contribution >= 4 is 6.29 Å². The van der Waals surface area contributed by atoms with Crippen LogP contribution in [0, 0.1) is 17.8 Å². The van der Waals surface area contributed by atoms with Crippen molar-refractivity contribution in [3.63, 3.8) is 0 Å². The Morgan fingerprint density at radius 3 is 2.89 bits per heavy atom. The van der Waals surface area contributed by atoms with Gasteiger partial charge in [0.05, 0.1) is 12.2 Å². The minimum absolute atomic E-state index is 0.0890. The van der Waals surface area contributed by atoms with Crippen LogP contribution in [-0.4, -0.2) is 35.3 Å². The minimum atomic E-state index is -0.267. The van der Waals surface area contributed by atoms with Crippen LogP contribution >= 0.6 is 0 Å². The van der Waals surface area contributed by atoms with Gasteiger partial charge in [-0.1, -0.05) is 38.3 Å². The van der Waals surface area contributed by atoms with E-state index < -0.39 is 0 Å². The second-order valence-electron chi connectivity index (χ2n) is 8.40. The van der Waals surface area contributed by atoms with Gasteiger partial charge in [-0.15, -0.1) is 0 Å². The first kappa shape index (κ1) is 20.3. The van der Waals surface area contributed by atoms with E-state index in [4.69, 9.17) is 4.74 Å². The van der Waals surface area contributed by atoms with Crippen molar-refractivity contribution in [2.45, 2.75) is 76.9 Å². The van der Waals surface area contributed by atoms with E-state index in [1.165, 1.54) is 24.0 Å². The van der Waals surface area contributed by atoms with Gasteiger partial charge < -0.3 is 14.9 Å². The van der Waals surface area contributed by atoms with Crippen molar-refractivity contribution in [1.82, 2.24) is 0 Å². The summed E-state index contributed by atoms with van der Waals surface area (Å²) in [4.78, 5) is 10.6. The highest BCUT2D eigenvalue weighted by atomic mass is 16.5. The third-order valence-corrected chi connectivity index (χ3v) is 6.63. The molecule has 4 heteroatoms. The van der Waals surface area contributed by atoms with Gasteiger partial charge in [-0.3, -0.25) is 4.79 Å². The molecule has 1 saturated carbocycles. The number of fused-ring (bicyclic) bond motifs is 2. The topological polar surface area (TPSA) is 66.8 Å². The molecule has 0 bridgehead atoms. The van der Waals surface area contributed by atoms with Crippen LogP contribution in [0.15, 0.2) is 18.2 Å². The molecule has 2 aliphatic carbocycles. The lowest BCUT2D eigenvalue weighted by Gasteiger charge is -2.32. The fourth-order valence-electron chi connectivity index (χ4n) is 5.22. The quantitative estimate of drug-likeness (QED) is 0.484. The molecule has 1 aromatic rings. The van der Waals surface area contributed by atoms with Crippen molar-refractivity contribution in [2.75, 3.05) is 6.61 Å². The fourth-order valence-corrected chi connectivity index (χ4v) is 5.22. The normalized spacial score (nSPS) is 27.7. The Labute approximate surface area is 162 Å². The first-order valence-electron chi connectivity index (χ1n) is 10.7. The molecule has 0 spiro atoms. The molecule has 0 heterocycles. The minimum Gasteiger partial charge on any atom is -0.486 e. The van der Waals surface area contributed by atoms with E-state index >= 15 is 0 Å². The highest BCUT2D eigenvalue weighted by Crippen LogP contribution is 2.48. The predicted octanol–water partition coefficient (Wildman–Crippen LogP) is 3.70. The average Bonchev–Trinajstić information content (AvgIpc) is 2.97. The summed E-state index contributed by atoms with van der Waals surface area (Å²) in [7, 11) is 0. The molecular weight excluding hydrogens is 340 g/mol. The Hall–Kier alpha value is -1.39. The molecule has 3 rings (SSSR count). The average molecular weight is 375 g/mol. The maximum Gasteiger partial charge on any atom is 0.157 e. The largest absolute Gasteiger partial charge is 0.486 e. The molecule has 0 amide bonds. The van der Waals surface area contributed by atoms with E-state index in [1.54, 1.807) is 0 Å². The molecule has 5 atom stereocenters. The second-order valence-corrected chi connectivity index (χ2v) is 8.40. The van der Waals surface area contributed by atoms with Crippen LogP contribution in [0.3, 0.4) is 0 Å². The van der Waals surface area contributed by atoms with Gasteiger partial charge in [0, 0.05) is 0 Å². The molecule has 1 fully saturated rings. The number of benzene rings is 1. The zero-order valence-corrected chi connectivity index (χ0v) is 16.5. The summed E-state index contributed by atoms with van der Waals surface area (Å²) in [5, 5.41) is 20.9. The van der Waals surface area contributed by atoms with Gasteiger partial charge in [-0.2, -0.15) is 0 Å². The summed E-state index contributed by atoms with van der Waals surface area (Å²) in [6.07, 6.45) is 9.03. The molecule has 0 saturated heterocycles. The molecule has 27 heavy (non-hydrogen) atoms. The zero-order valence-electron chi connectivity index (χ0n) is 16.5. The second kappa shape index (κ2) is 9.70.